The van der Waals surface area contributed by atoms with Crippen LogP contribution >= 0.6 is 11.8 Å². The van der Waals surface area contributed by atoms with Crippen LogP contribution in [0.3, 0.4) is 0 Å². The van der Waals surface area contributed by atoms with Gasteiger partial charge in [0.15, 0.2) is 0 Å². The lowest BCUT2D eigenvalue weighted by atomic mass is 9.87. The molecule has 0 bridgehead atoms. The summed E-state index contributed by atoms with van der Waals surface area (Å²) in [5, 5.41) is 0. The van der Waals surface area contributed by atoms with E-state index in [1.807, 2.05) is 18.2 Å². The number of nitrogens with zero attached hydrogens (tertiary/aromatic N) is 1. The molecular weight excluding hydrogens is 266 g/mol. The second-order valence-electron chi connectivity index (χ2n) is 5.72. The molecule has 4 heteroatoms. The summed E-state index contributed by atoms with van der Waals surface area (Å²) in [6, 6.07) is 14.6. The van der Waals surface area contributed by atoms with E-state index < -0.39 is 0 Å². The van der Waals surface area contributed by atoms with E-state index >= 15 is 0 Å². The molecule has 0 radical (unpaired) electrons. The highest BCUT2D eigenvalue weighted by Gasteiger charge is 2.12. The van der Waals surface area contributed by atoms with Crippen LogP contribution in [0.2, 0.25) is 0 Å². The Labute approximate surface area is 125 Å². The molecule has 3 nitrogen and oxygen atoms in total. The molecule has 3 N–H and O–H groups in total. The van der Waals surface area contributed by atoms with Gasteiger partial charge in [-0.2, -0.15) is 0 Å². The Morgan fingerprint density at radius 3 is 2.40 bits per heavy atom. The fourth-order valence-corrected chi connectivity index (χ4v) is 2.65. The molecule has 0 saturated carbocycles. The number of nitrogen functional groups attached to an aromatic ring is 1. The van der Waals surface area contributed by atoms with Crippen molar-refractivity contribution in [2.24, 2.45) is 5.84 Å². The molecule has 1 aromatic carbocycles. The van der Waals surface area contributed by atoms with Crippen molar-refractivity contribution in [2.45, 2.75) is 36.8 Å². The Bertz CT molecular complexity index is 559. The third kappa shape index (κ3) is 3.99. The minimum atomic E-state index is 0.200. The molecule has 20 heavy (non-hydrogen) atoms. The first-order valence-corrected chi connectivity index (χ1v) is 7.63. The number of benzene rings is 1. The van der Waals surface area contributed by atoms with Gasteiger partial charge in [0.25, 0.3) is 0 Å². The first-order valence-electron chi connectivity index (χ1n) is 6.65. The monoisotopic (exact) mass is 287 g/mol. The van der Waals surface area contributed by atoms with E-state index in [-0.39, 0.29) is 5.41 Å². The van der Waals surface area contributed by atoms with E-state index in [2.05, 4.69) is 55.4 Å². The molecule has 0 spiro atoms. The summed E-state index contributed by atoms with van der Waals surface area (Å²) < 4.78 is 0. The maximum absolute atomic E-state index is 5.36. The third-order valence-electron chi connectivity index (χ3n) is 3.06. The van der Waals surface area contributed by atoms with Crippen molar-refractivity contribution in [3.05, 3.63) is 53.7 Å². The van der Waals surface area contributed by atoms with Gasteiger partial charge in [0, 0.05) is 10.6 Å². The first kappa shape index (κ1) is 14.9. The predicted molar refractivity (Wildman–Crippen MR) is 86.8 cm³/mol. The zero-order valence-electron chi connectivity index (χ0n) is 12.2. The number of nitrogens with one attached hydrogen (secondary N) is 1. The highest BCUT2D eigenvalue weighted by Crippen LogP contribution is 2.27. The molecule has 0 atom stereocenters. The van der Waals surface area contributed by atoms with Crippen LogP contribution in [0.1, 0.15) is 32.0 Å². The Kier molecular flexibility index (Phi) is 4.68. The molecule has 1 heterocycles. The summed E-state index contributed by atoms with van der Waals surface area (Å²) in [6.45, 7) is 6.68. The Morgan fingerprint density at radius 1 is 1.10 bits per heavy atom. The Hall–Kier alpha value is -1.52. The molecule has 2 rings (SSSR count). The highest BCUT2D eigenvalue weighted by atomic mass is 32.2. The minimum absolute atomic E-state index is 0.200. The van der Waals surface area contributed by atoms with Gasteiger partial charge in [0.1, 0.15) is 5.82 Å². The minimum Gasteiger partial charge on any atom is -0.308 e. The topological polar surface area (TPSA) is 50.9 Å². The van der Waals surface area contributed by atoms with Crippen LogP contribution in [0.25, 0.3) is 0 Å². The largest absolute Gasteiger partial charge is 0.308 e. The normalized spacial score (nSPS) is 11.4. The predicted octanol–water partition coefficient (Wildman–Crippen LogP) is 3.96. The molecule has 0 aliphatic heterocycles. The third-order valence-corrected chi connectivity index (χ3v) is 4.11. The molecule has 0 aliphatic rings. The van der Waals surface area contributed by atoms with Gasteiger partial charge >= 0.3 is 0 Å². The number of thioether (sulfide) groups is 1. The van der Waals surface area contributed by atoms with E-state index in [0.29, 0.717) is 5.82 Å². The van der Waals surface area contributed by atoms with Crippen molar-refractivity contribution >= 4 is 17.6 Å². The molecular formula is C16H21N3S. The summed E-state index contributed by atoms with van der Waals surface area (Å²) in [5.41, 5.74) is 5.14. The lowest BCUT2D eigenvalue weighted by Gasteiger charge is -2.19. The first-order chi connectivity index (χ1) is 9.49. The fraction of sp³-hybridized carbons (Fsp3) is 0.312. The average Bonchev–Trinajstić information content (AvgIpc) is 2.45. The van der Waals surface area contributed by atoms with E-state index in [9.17, 15) is 0 Å². The van der Waals surface area contributed by atoms with Gasteiger partial charge in [-0.15, -0.1) is 11.8 Å². The van der Waals surface area contributed by atoms with Gasteiger partial charge in [-0.3, -0.25) is 0 Å². The lowest BCUT2D eigenvalue weighted by molar-refractivity contribution is 0.590. The summed E-state index contributed by atoms with van der Waals surface area (Å²) in [6.07, 6.45) is 0. The standard InChI is InChI=1S/C16H21N3S/c1-16(2,3)12-7-9-14(10-8-12)20-11-13-5-4-6-15(18-13)19-17/h4-10H,11,17H2,1-3H3,(H,18,19). The Morgan fingerprint density at radius 2 is 1.80 bits per heavy atom. The van der Waals surface area contributed by atoms with Gasteiger partial charge in [-0.1, -0.05) is 39.0 Å². The fourth-order valence-electron chi connectivity index (χ4n) is 1.85. The van der Waals surface area contributed by atoms with Crippen LogP contribution in [0.15, 0.2) is 47.4 Å². The summed E-state index contributed by atoms with van der Waals surface area (Å²) in [5.74, 6) is 6.90. The van der Waals surface area contributed by atoms with Crippen molar-refractivity contribution < 1.29 is 0 Å². The molecule has 106 valence electrons. The highest BCUT2D eigenvalue weighted by molar-refractivity contribution is 7.98. The molecule has 0 aliphatic carbocycles. The molecule has 0 saturated heterocycles. The average molecular weight is 287 g/mol. The van der Waals surface area contributed by atoms with Gasteiger partial charge < -0.3 is 5.43 Å². The maximum atomic E-state index is 5.36. The van der Waals surface area contributed by atoms with Gasteiger partial charge in [-0.05, 0) is 35.2 Å². The van der Waals surface area contributed by atoms with E-state index in [1.54, 1.807) is 11.8 Å². The van der Waals surface area contributed by atoms with Gasteiger partial charge in [0.05, 0.1) is 5.69 Å². The number of nitrogens with two attached hydrogens (primary N) is 1. The smallest absolute Gasteiger partial charge is 0.140 e. The molecule has 0 amide bonds. The van der Waals surface area contributed by atoms with Crippen molar-refractivity contribution in [2.75, 3.05) is 5.43 Å². The van der Waals surface area contributed by atoms with Crippen LogP contribution in [-0.4, -0.2) is 4.98 Å². The SMILES string of the molecule is CC(C)(C)c1ccc(SCc2cccc(NN)n2)cc1. The zero-order valence-corrected chi connectivity index (χ0v) is 13.0. The number of hydrogen-bond donors (Lipinski definition) is 2. The van der Waals surface area contributed by atoms with Crippen LogP contribution in [0.4, 0.5) is 5.82 Å². The second-order valence-corrected chi connectivity index (χ2v) is 6.77. The number of anilines is 1. The maximum Gasteiger partial charge on any atom is 0.140 e. The zero-order chi connectivity index (χ0) is 14.6. The van der Waals surface area contributed by atoms with Crippen molar-refractivity contribution in [1.82, 2.24) is 4.98 Å². The van der Waals surface area contributed by atoms with Crippen LogP contribution in [0.5, 0.6) is 0 Å². The molecule has 0 fully saturated rings. The van der Waals surface area contributed by atoms with Crippen molar-refractivity contribution in [1.29, 1.82) is 0 Å². The summed E-state index contributed by atoms with van der Waals surface area (Å²) >= 11 is 1.78. The van der Waals surface area contributed by atoms with Gasteiger partial charge in [0.2, 0.25) is 0 Å². The Balaban J connectivity index is 2.00. The summed E-state index contributed by atoms with van der Waals surface area (Å²) in [7, 11) is 0. The number of rotatable bonds is 4. The molecule has 2 aromatic rings. The van der Waals surface area contributed by atoms with Crippen molar-refractivity contribution in [3.8, 4) is 0 Å². The van der Waals surface area contributed by atoms with Crippen LogP contribution < -0.4 is 11.3 Å². The van der Waals surface area contributed by atoms with Crippen LogP contribution in [-0.2, 0) is 11.2 Å². The number of hydrogen-bond acceptors (Lipinski definition) is 4. The summed E-state index contributed by atoms with van der Waals surface area (Å²) in [4.78, 5) is 5.66. The van der Waals surface area contributed by atoms with Crippen LogP contribution in [0, 0.1) is 0 Å². The van der Waals surface area contributed by atoms with Gasteiger partial charge in [-0.25, -0.2) is 10.8 Å². The van der Waals surface area contributed by atoms with E-state index in [0.717, 1.165) is 11.4 Å². The van der Waals surface area contributed by atoms with Crippen molar-refractivity contribution in [3.63, 3.8) is 0 Å². The lowest BCUT2D eigenvalue weighted by Crippen LogP contribution is -2.10. The number of hydrazine groups is 1. The van der Waals surface area contributed by atoms with E-state index in [4.69, 9.17) is 5.84 Å². The number of aromatic nitrogens is 1. The van der Waals surface area contributed by atoms with E-state index in [1.165, 1.54) is 10.5 Å². The number of pyridine rings is 1. The molecule has 1 aromatic heterocycles. The second kappa shape index (κ2) is 6.29. The quantitative estimate of drug-likeness (QED) is 0.508. The molecule has 0 unspecified atom stereocenters.